The molecule has 1 aromatic rings. The van der Waals surface area contributed by atoms with Crippen molar-refractivity contribution in [3.63, 3.8) is 0 Å². The fourth-order valence-electron chi connectivity index (χ4n) is 1.97. The maximum absolute atomic E-state index is 13.5. The molecule has 1 N–H and O–H groups in total. The van der Waals surface area contributed by atoms with Crippen LogP contribution < -0.4 is 0 Å². The van der Waals surface area contributed by atoms with E-state index in [9.17, 15) is 18.4 Å². The van der Waals surface area contributed by atoms with Crippen molar-refractivity contribution in [2.24, 2.45) is 0 Å². The fraction of sp³-hybridized carbons (Fsp3) is 0.643. The van der Waals surface area contributed by atoms with Crippen LogP contribution >= 0.6 is 11.3 Å². The largest absolute Gasteiger partial charge is 0.476 e. The monoisotopic (exact) mass is 334 g/mol. The summed E-state index contributed by atoms with van der Waals surface area (Å²) in [7, 11) is 0. The van der Waals surface area contributed by atoms with Gasteiger partial charge in [0.05, 0.1) is 6.42 Å². The zero-order chi connectivity index (χ0) is 16.9. The molecule has 1 rings (SSSR count). The molecule has 8 heteroatoms. The molecule has 1 heterocycles. The summed E-state index contributed by atoms with van der Waals surface area (Å²) < 4.78 is 27.1. The Morgan fingerprint density at radius 1 is 1.36 bits per heavy atom. The lowest BCUT2D eigenvalue weighted by atomic mass is 10.2. The molecule has 0 unspecified atom stereocenters. The number of halogens is 2. The first-order chi connectivity index (χ1) is 10.2. The maximum Gasteiger partial charge on any atom is 0.385 e. The number of carboxylic acid groups (broad SMARTS) is 1. The third kappa shape index (κ3) is 4.22. The van der Waals surface area contributed by atoms with Crippen molar-refractivity contribution >= 4 is 23.2 Å². The van der Waals surface area contributed by atoms with Crippen LogP contribution in [0.3, 0.4) is 0 Å². The summed E-state index contributed by atoms with van der Waals surface area (Å²) >= 11 is 0.937. The van der Waals surface area contributed by atoms with E-state index in [2.05, 4.69) is 4.98 Å². The van der Waals surface area contributed by atoms with Gasteiger partial charge < -0.3 is 10.0 Å². The van der Waals surface area contributed by atoms with Crippen molar-refractivity contribution in [3.05, 3.63) is 15.6 Å². The molecule has 0 atom stereocenters. The number of unbranched alkanes of at least 4 members (excludes halogenated alkanes) is 1. The molecule has 0 saturated carbocycles. The zero-order valence-corrected chi connectivity index (χ0v) is 13.7. The van der Waals surface area contributed by atoms with Crippen LogP contribution in [0, 0.1) is 6.92 Å². The number of hydrogen-bond donors (Lipinski definition) is 1. The standard InChI is InChI=1S/C14H20F2N2O3S/c1-4-6-7-18(5-2)11(19)8-10-17-12(9(3)22-10)14(15,16)13(20)21/h4-8H2,1-3H3,(H,20,21). The minimum atomic E-state index is -4.03. The highest BCUT2D eigenvalue weighted by Crippen LogP contribution is 2.33. The van der Waals surface area contributed by atoms with Crippen LogP contribution in [0.5, 0.6) is 0 Å². The average Bonchev–Trinajstić information content (AvgIpc) is 2.80. The Bertz CT molecular complexity index is 546. The van der Waals surface area contributed by atoms with Crippen LogP contribution in [-0.4, -0.2) is 40.0 Å². The van der Waals surface area contributed by atoms with Gasteiger partial charge in [0.2, 0.25) is 5.91 Å². The Morgan fingerprint density at radius 3 is 2.50 bits per heavy atom. The Balaban J connectivity index is 2.87. The van der Waals surface area contributed by atoms with Crippen molar-refractivity contribution in [2.75, 3.05) is 13.1 Å². The van der Waals surface area contributed by atoms with Crippen LogP contribution in [0.15, 0.2) is 0 Å². The van der Waals surface area contributed by atoms with Gasteiger partial charge in [-0.1, -0.05) is 13.3 Å². The highest BCUT2D eigenvalue weighted by atomic mass is 32.1. The van der Waals surface area contributed by atoms with Gasteiger partial charge in [-0.2, -0.15) is 8.78 Å². The second kappa shape index (κ2) is 7.62. The van der Waals surface area contributed by atoms with E-state index in [1.54, 1.807) is 4.90 Å². The molecular formula is C14H20F2N2O3S. The van der Waals surface area contributed by atoms with E-state index in [-0.39, 0.29) is 22.2 Å². The number of amides is 1. The summed E-state index contributed by atoms with van der Waals surface area (Å²) in [4.78, 5) is 28.2. The number of carbonyl (C=O) groups excluding carboxylic acids is 1. The molecule has 0 aliphatic rings. The third-order valence-corrected chi connectivity index (χ3v) is 4.20. The number of rotatable bonds is 8. The summed E-state index contributed by atoms with van der Waals surface area (Å²) in [5, 5.41) is 8.79. The maximum atomic E-state index is 13.5. The first kappa shape index (κ1) is 18.5. The van der Waals surface area contributed by atoms with Gasteiger partial charge in [0, 0.05) is 18.0 Å². The van der Waals surface area contributed by atoms with Crippen molar-refractivity contribution < 1.29 is 23.5 Å². The quantitative estimate of drug-likeness (QED) is 0.793. The van der Waals surface area contributed by atoms with Gasteiger partial charge in [0.15, 0.2) is 0 Å². The number of hydrogen-bond acceptors (Lipinski definition) is 4. The summed E-state index contributed by atoms with van der Waals surface area (Å²) in [6.45, 7) is 6.41. The molecule has 0 spiro atoms. The summed E-state index contributed by atoms with van der Waals surface area (Å²) in [6, 6.07) is 0. The van der Waals surface area contributed by atoms with Gasteiger partial charge in [-0.05, 0) is 20.3 Å². The van der Waals surface area contributed by atoms with Crippen LogP contribution in [0.4, 0.5) is 8.78 Å². The number of carbonyl (C=O) groups is 2. The van der Waals surface area contributed by atoms with Gasteiger partial charge >= 0.3 is 11.9 Å². The Hall–Kier alpha value is -1.57. The molecule has 0 aliphatic carbocycles. The molecule has 0 radical (unpaired) electrons. The van der Waals surface area contributed by atoms with Crippen molar-refractivity contribution in [3.8, 4) is 0 Å². The molecule has 1 aromatic heterocycles. The summed E-state index contributed by atoms with van der Waals surface area (Å²) in [5.74, 6) is -6.46. The number of aryl methyl sites for hydroxylation is 1. The average molecular weight is 334 g/mol. The van der Waals surface area contributed by atoms with Gasteiger partial charge in [0.25, 0.3) is 0 Å². The number of likely N-dealkylation sites (N-methyl/N-ethyl adjacent to an activating group) is 1. The van der Waals surface area contributed by atoms with Gasteiger partial charge in [-0.25, -0.2) is 9.78 Å². The van der Waals surface area contributed by atoms with E-state index in [1.807, 2.05) is 13.8 Å². The van der Waals surface area contributed by atoms with E-state index >= 15 is 0 Å². The highest BCUT2D eigenvalue weighted by molar-refractivity contribution is 7.11. The normalized spacial score (nSPS) is 11.5. The molecule has 5 nitrogen and oxygen atoms in total. The minimum Gasteiger partial charge on any atom is -0.476 e. The van der Waals surface area contributed by atoms with E-state index in [1.165, 1.54) is 6.92 Å². The molecule has 124 valence electrons. The third-order valence-electron chi connectivity index (χ3n) is 3.23. The van der Waals surface area contributed by atoms with E-state index in [0.29, 0.717) is 13.1 Å². The zero-order valence-electron chi connectivity index (χ0n) is 12.9. The van der Waals surface area contributed by atoms with Crippen LogP contribution in [0.25, 0.3) is 0 Å². The first-order valence-corrected chi connectivity index (χ1v) is 7.91. The van der Waals surface area contributed by atoms with Crippen LogP contribution in [0.2, 0.25) is 0 Å². The van der Waals surface area contributed by atoms with Crippen LogP contribution in [0.1, 0.15) is 42.3 Å². The van der Waals surface area contributed by atoms with E-state index in [4.69, 9.17) is 5.11 Å². The van der Waals surface area contributed by atoms with E-state index < -0.39 is 17.6 Å². The van der Waals surface area contributed by atoms with Gasteiger partial charge in [-0.15, -0.1) is 11.3 Å². The molecule has 1 amide bonds. The minimum absolute atomic E-state index is 0.0846. The summed E-state index contributed by atoms with van der Waals surface area (Å²) in [6.07, 6.45) is 1.74. The topological polar surface area (TPSA) is 70.5 Å². The lowest BCUT2D eigenvalue weighted by Gasteiger charge is -2.19. The molecule has 22 heavy (non-hydrogen) atoms. The fourth-order valence-corrected chi connectivity index (χ4v) is 2.93. The number of aromatic nitrogens is 1. The Labute approximate surface area is 132 Å². The van der Waals surface area contributed by atoms with E-state index in [0.717, 1.165) is 24.2 Å². The molecule has 0 bridgehead atoms. The van der Waals surface area contributed by atoms with Crippen molar-refractivity contribution in [1.29, 1.82) is 0 Å². The predicted molar refractivity (Wildman–Crippen MR) is 79.2 cm³/mol. The van der Waals surface area contributed by atoms with Crippen molar-refractivity contribution in [1.82, 2.24) is 9.88 Å². The second-order valence-corrected chi connectivity index (χ2v) is 6.18. The molecule has 0 aromatic carbocycles. The van der Waals surface area contributed by atoms with Gasteiger partial charge in [0.1, 0.15) is 10.7 Å². The number of carboxylic acids is 1. The molecule has 0 aliphatic heterocycles. The highest BCUT2D eigenvalue weighted by Gasteiger charge is 2.45. The van der Waals surface area contributed by atoms with Gasteiger partial charge in [-0.3, -0.25) is 4.79 Å². The SMILES string of the molecule is CCCCN(CC)C(=O)Cc1nc(C(F)(F)C(=O)O)c(C)s1. The lowest BCUT2D eigenvalue weighted by Crippen LogP contribution is -2.33. The molecular weight excluding hydrogens is 314 g/mol. The Kier molecular flexibility index (Phi) is 6.40. The summed E-state index contributed by atoms with van der Waals surface area (Å²) in [5.41, 5.74) is -0.774. The first-order valence-electron chi connectivity index (χ1n) is 7.09. The smallest absolute Gasteiger partial charge is 0.385 e. The van der Waals surface area contributed by atoms with Crippen molar-refractivity contribution in [2.45, 2.75) is 46.0 Å². The lowest BCUT2D eigenvalue weighted by molar-refractivity contribution is -0.166. The second-order valence-electron chi connectivity index (χ2n) is 4.90. The predicted octanol–water partition coefficient (Wildman–Crippen LogP) is 2.82. The number of aliphatic carboxylic acids is 1. The van der Waals surface area contributed by atoms with Crippen LogP contribution in [-0.2, 0) is 21.9 Å². The number of alkyl halides is 2. The molecule has 0 saturated heterocycles. The number of nitrogens with zero attached hydrogens (tertiary/aromatic N) is 2. The molecule has 0 fully saturated rings. The number of thiazole rings is 1. The Morgan fingerprint density at radius 2 is 2.00 bits per heavy atom.